The van der Waals surface area contributed by atoms with Crippen LogP contribution in [0.1, 0.15) is 6.92 Å². The highest BCUT2D eigenvalue weighted by atomic mass is 32.2. The molecule has 0 saturated carbocycles. The van der Waals surface area contributed by atoms with Crippen LogP contribution < -0.4 is 0 Å². The predicted molar refractivity (Wildman–Crippen MR) is 41.9 cm³/mol. The largest absolute Gasteiger partial charge is 0.376 e. The van der Waals surface area contributed by atoms with E-state index in [0.717, 1.165) is 18.5 Å². The van der Waals surface area contributed by atoms with Crippen molar-refractivity contribution in [2.75, 3.05) is 19.0 Å². The van der Waals surface area contributed by atoms with Gasteiger partial charge in [0.2, 0.25) is 0 Å². The monoisotopic (exact) mass is 144 g/mol. The maximum absolute atomic E-state index is 5.29. The van der Waals surface area contributed by atoms with Crippen LogP contribution >= 0.6 is 11.8 Å². The highest BCUT2D eigenvalue weighted by Gasteiger charge is 2.21. The van der Waals surface area contributed by atoms with Gasteiger partial charge in [-0.2, -0.15) is 11.8 Å². The Labute approximate surface area is 60.5 Å². The first-order valence-corrected chi connectivity index (χ1v) is 4.29. The number of rotatable bonds is 4. The Morgan fingerprint density at radius 1 is 1.78 bits per heavy atom. The van der Waals surface area contributed by atoms with E-state index in [9.17, 15) is 0 Å². The molecule has 0 radical (unpaired) electrons. The first kappa shape index (κ1) is 7.16. The maximum atomic E-state index is 5.29. The van der Waals surface area contributed by atoms with Crippen molar-refractivity contribution >= 4 is 11.8 Å². The standard InChI is InChI=1S/C7H12OS/c1-2-3-4-8-5-7-6-9-7/h2-3,7H,4-6H2,1H3/b3-2-. The van der Waals surface area contributed by atoms with Gasteiger partial charge in [-0.1, -0.05) is 12.2 Å². The van der Waals surface area contributed by atoms with E-state index < -0.39 is 0 Å². The lowest BCUT2D eigenvalue weighted by molar-refractivity contribution is 0.171. The molecule has 0 aromatic rings. The minimum atomic E-state index is 0.785. The van der Waals surface area contributed by atoms with Crippen LogP contribution in [-0.2, 0) is 4.74 Å². The van der Waals surface area contributed by atoms with Gasteiger partial charge in [0, 0.05) is 11.0 Å². The topological polar surface area (TPSA) is 9.23 Å². The molecule has 0 N–H and O–H groups in total. The minimum Gasteiger partial charge on any atom is -0.376 e. The average Bonchev–Trinajstić information content (AvgIpc) is 2.63. The molecule has 2 heteroatoms. The van der Waals surface area contributed by atoms with Gasteiger partial charge in [-0.25, -0.2) is 0 Å². The first-order valence-electron chi connectivity index (χ1n) is 3.24. The van der Waals surface area contributed by atoms with Crippen LogP contribution in [0.5, 0.6) is 0 Å². The van der Waals surface area contributed by atoms with E-state index in [1.54, 1.807) is 0 Å². The summed E-state index contributed by atoms with van der Waals surface area (Å²) < 4.78 is 5.29. The van der Waals surface area contributed by atoms with Crippen molar-refractivity contribution in [1.29, 1.82) is 0 Å². The molecule has 9 heavy (non-hydrogen) atoms. The van der Waals surface area contributed by atoms with E-state index in [1.807, 2.05) is 30.8 Å². The van der Waals surface area contributed by atoms with Crippen LogP contribution in [0.2, 0.25) is 0 Å². The smallest absolute Gasteiger partial charge is 0.0647 e. The van der Waals surface area contributed by atoms with Crippen molar-refractivity contribution < 1.29 is 4.74 Å². The number of hydrogen-bond acceptors (Lipinski definition) is 2. The molecule has 1 heterocycles. The van der Waals surface area contributed by atoms with Crippen molar-refractivity contribution in [1.82, 2.24) is 0 Å². The fourth-order valence-corrected chi connectivity index (χ4v) is 0.953. The molecule has 0 aromatic carbocycles. The SMILES string of the molecule is C/C=C\COCC1CS1. The molecular formula is C7H12OS. The summed E-state index contributed by atoms with van der Waals surface area (Å²) >= 11 is 1.98. The highest BCUT2D eigenvalue weighted by Crippen LogP contribution is 2.29. The van der Waals surface area contributed by atoms with Crippen molar-refractivity contribution in [3.63, 3.8) is 0 Å². The molecule has 1 fully saturated rings. The van der Waals surface area contributed by atoms with Crippen LogP contribution in [0, 0.1) is 0 Å². The van der Waals surface area contributed by atoms with Crippen LogP contribution in [-0.4, -0.2) is 24.2 Å². The summed E-state index contributed by atoms with van der Waals surface area (Å²) in [4.78, 5) is 0. The number of allylic oxidation sites excluding steroid dienone is 1. The number of hydrogen-bond donors (Lipinski definition) is 0. The highest BCUT2D eigenvalue weighted by molar-refractivity contribution is 8.06. The van der Waals surface area contributed by atoms with E-state index in [2.05, 4.69) is 0 Å². The Hall–Kier alpha value is 0.0500. The number of ether oxygens (including phenoxy) is 1. The van der Waals surface area contributed by atoms with Gasteiger partial charge in [-0.15, -0.1) is 0 Å². The fraction of sp³-hybridized carbons (Fsp3) is 0.714. The van der Waals surface area contributed by atoms with Crippen molar-refractivity contribution in [2.45, 2.75) is 12.2 Å². The second-order valence-electron chi connectivity index (χ2n) is 2.06. The van der Waals surface area contributed by atoms with E-state index in [4.69, 9.17) is 4.74 Å². The minimum absolute atomic E-state index is 0.785. The molecule has 1 atom stereocenters. The third-order valence-electron chi connectivity index (χ3n) is 1.16. The fourth-order valence-electron chi connectivity index (χ4n) is 0.528. The molecule has 0 spiro atoms. The molecule has 1 aliphatic rings. The normalized spacial score (nSPS) is 25.2. The average molecular weight is 144 g/mol. The molecule has 1 saturated heterocycles. The van der Waals surface area contributed by atoms with Crippen molar-refractivity contribution in [2.24, 2.45) is 0 Å². The van der Waals surface area contributed by atoms with Gasteiger partial charge >= 0.3 is 0 Å². The molecule has 52 valence electrons. The number of thioether (sulfide) groups is 1. The first-order chi connectivity index (χ1) is 4.43. The second kappa shape index (κ2) is 3.96. The van der Waals surface area contributed by atoms with Gasteiger partial charge in [-0.05, 0) is 6.92 Å². The summed E-state index contributed by atoms with van der Waals surface area (Å²) in [7, 11) is 0. The molecule has 0 aromatic heterocycles. The van der Waals surface area contributed by atoms with Gasteiger partial charge in [-0.3, -0.25) is 0 Å². The van der Waals surface area contributed by atoms with Gasteiger partial charge in [0.05, 0.1) is 13.2 Å². The van der Waals surface area contributed by atoms with Gasteiger partial charge in [0.25, 0.3) is 0 Å². The summed E-state index contributed by atoms with van der Waals surface area (Å²) in [5.74, 6) is 1.30. The lowest BCUT2D eigenvalue weighted by Crippen LogP contribution is -1.99. The molecule has 1 aliphatic heterocycles. The summed E-state index contributed by atoms with van der Waals surface area (Å²) in [6.07, 6.45) is 4.05. The van der Waals surface area contributed by atoms with E-state index in [0.29, 0.717) is 0 Å². The third kappa shape index (κ3) is 3.60. The summed E-state index contributed by atoms with van der Waals surface area (Å²) in [5, 5.41) is 0.815. The van der Waals surface area contributed by atoms with E-state index in [1.165, 1.54) is 5.75 Å². The predicted octanol–water partition coefficient (Wildman–Crippen LogP) is 1.69. The van der Waals surface area contributed by atoms with Gasteiger partial charge in [0.15, 0.2) is 0 Å². The molecular weight excluding hydrogens is 132 g/mol. The van der Waals surface area contributed by atoms with Crippen LogP contribution in [0.3, 0.4) is 0 Å². The summed E-state index contributed by atoms with van der Waals surface area (Å²) in [6.45, 7) is 3.73. The van der Waals surface area contributed by atoms with Gasteiger partial charge in [0.1, 0.15) is 0 Å². The Morgan fingerprint density at radius 3 is 3.11 bits per heavy atom. The zero-order valence-electron chi connectivity index (χ0n) is 5.67. The second-order valence-corrected chi connectivity index (χ2v) is 3.40. The molecule has 0 aliphatic carbocycles. The Bertz CT molecular complexity index is 97.1. The summed E-state index contributed by atoms with van der Waals surface area (Å²) in [6, 6.07) is 0. The molecule has 1 nitrogen and oxygen atoms in total. The third-order valence-corrected chi connectivity index (χ3v) is 2.10. The molecule has 1 unspecified atom stereocenters. The van der Waals surface area contributed by atoms with Crippen LogP contribution in [0.15, 0.2) is 12.2 Å². The van der Waals surface area contributed by atoms with Crippen LogP contribution in [0.4, 0.5) is 0 Å². The Balaban J connectivity index is 1.81. The van der Waals surface area contributed by atoms with Crippen molar-refractivity contribution in [3.05, 3.63) is 12.2 Å². The zero-order chi connectivity index (χ0) is 6.53. The van der Waals surface area contributed by atoms with E-state index >= 15 is 0 Å². The molecule has 0 amide bonds. The Morgan fingerprint density at radius 2 is 2.56 bits per heavy atom. The van der Waals surface area contributed by atoms with E-state index in [-0.39, 0.29) is 0 Å². The Kier molecular flexibility index (Phi) is 3.15. The molecule has 0 bridgehead atoms. The van der Waals surface area contributed by atoms with Crippen LogP contribution in [0.25, 0.3) is 0 Å². The van der Waals surface area contributed by atoms with Gasteiger partial charge < -0.3 is 4.74 Å². The van der Waals surface area contributed by atoms with Crippen molar-refractivity contribution in [3.8, 4) is 0 Å². The zero-order valence-corrected chi connectivity index (χ0v) is 6.49. The molecule has 1 rings (SSSR count). The maximum Gasteiger partial charge on any atom is 0.0647 e. The quantitative estimate of drug-likeness (QED) is 0.337. The lowest BCUT2D eigenvalue weighted by Gasteiger charge is -1.94. The lowest BCUT2D eigenvalue weighted by atomic mass is 10.5. The summed E-state index contributed by atoms with van der Waals surface area (Å²) in [5.41, 5.74) is 0.